The third-order valence-electron chi connectivity index (χ3n) is 3.02. The van der Waals surface area contributed by atoms with Crippen LogP contribution < -0.4 is 0 Å². The lowest BCUT2D eigenvalue weighted by Crippen LogP contribution is -2.20. The lowest BCUT2D eigenvalue weighted by molar-refractivity contribution is 0.0802. The minimum Gasteiger partial charge on any atom is -0.291 e. The summed E-state index contributed by atoms with van der Waals surface area (Å²) in [4.78, 5) is 12.7. The molecular formula is C16H16O4S. The summed E-state index contributed by atoms with van der Waals surface area (Å²) < 4.78 is 27.9. The lowest BCUT2D eigenvalue weighted by Gasteiger charge is -2.16. The number of carbonyl (C=O) groups is 1. The number of aryl methyl sites for hydroxylation is 1. The van der Waals surface area contributed by atoms with E-state index in [1.54, 1.807) is 55.5 Å². The molecule has 0 bridgehead atoms. The molecule has 110 valence electrons. The molecule has 0 aliphatic heterocycles. The minimum atomic E-state index is -3.76. The predicted molar refractivity (Wildman–Crippen MR) is 80.6 cm³/mol. The van der Waals surface area contributed by atoms with E-state index in [2.05, 4.69) is 0 Å². The van der Waals surface area contributed by atoms with Gasteiger partial charge in [0.1, 0.15) is 0 Å². The Kier molecular flexibility index (Phi) is 4.55. The fourth-order valence-electron chi connectivity index (χ4n) is 2.04. The lowest BCUT2D eigenvalue weighted by atomic mass is 9.97. The molecule has 21 heavy (non-hydrogen) atoms. The van der Waals surface area contributed by atoms with Gasteiger partial charge >= 0.3 is 0 Å². The van der Waals surface area contributed by atoms with Gasteiger partial charge in [-0.2, -0.15) is 8.42 Å². The van der Waals surface area contributed by atoms with Crippen molar-refractivity contribution in [2.75, 3.05) is 6.26 Å². The second-order valence-electron chi connectivity index (χ2n) is 4.77. The Morgan fingerprint density at radius 1 is 1.00 bits per heavy atom. The van der Waals surface area contributed by atoms with Gasteiger partial charge in [-0.15, -0.1) is 0 Å². The second kappa shape index (κ2) is 6.20. The first kappa shape index (κ1) is 15.4. The highest BCUT2D eigenvalue weighted by molar-refractivity contribution is 7.86. The molecule has 0 saturated carbocycles. The predicted octanol–water partition coefficient (Wildman–Crippen LogP) is 2.90. The van der Waals surface area contributed by atoms with Crippen molar-refractivity contribution in [3.63, 3.8) is 0 Å². The molecule has 0 N–H and O–H groups in total. The van der Waals surface area contributed by atoms with Crippen LogP contribution in [0.5, 0.6) is 0 Å². The topological polar surface area (TPSA) is 60.4 Å². The Morgan fingerprint density at radius 3 is 2.14 bits per heavy atom. The van der Waals surface area contributed by atoms with Gasteiger partial charge < -0.3 is 0 Å². The van der Waals surface area contributed by atoms with Gasteiger partial charge in [-0.25, -0.2) is 0 Å². The van der Waals surface area contributed by atoms with E-state index in [4.69, 9.17) is 4.18 Å². The quantitative estimate of drug-likeness (QED) is 0.629. The zero-order chi connectivity index (χ0) is 15.5. The Morgan fingerprint density at radius 2 is 1.57 bits per heavy atom. The van der Waals surface area contributed by atoms with Crippen molar-refractivity contribution in [1.82, 2.24) is 0 Å². The van der Waals surface area contributed by atoms with Crippen molar-refractivity contribution >= 4 is 15.9 Å². The highest BCUT2D eigenvalue weighted by Gasteiger charge is 2.27. The SMILES string of the molecule is Cc1ccccc1C(=O)C(OS(C)(=O)=O)c1ccccc1. The summed E-state index contributed by atoms with van der Waals surface area (Å²) in [6.07, 6.45) is -0.226. The standard InChI is InChI=1S/C16H16O4S/c1-12-8-6-7-11-14(12)15(17)16(20-21(2,18)19)13-9-4-3-5-10-13/h3-11,16H,1-2H3. The van der Waals surface area contributed by atoms with Crippen LogP contribution in [-0.2, 0) is 14.3 Å². The van der Waals surface area contributed by atoms with Crippen molar-refractivity contribution in [3.05, 3.63) is 71.3 Å². The maximum Gasteiger partial charge on any atom is 0.265 e. The maximum atomic E-state index is 12.7. The Hall–Kier alpha value is -1.98. The first-order valence-electron chi connectivity index (χ1n) is 6.41. The average Bonchev–Trinajstić information content (AvgIpc) is 2.45. The van der Waals surface area contributed by atoms with E-state index < -0.39 is 16.2 Å². The van der Waals surface area contributed by atoms with Crippen molar-refractivity contribution in [3.8, 4) is 0 Å². The van der Waals surface area contributed by atoms with Crippen molar-refractivity contribution in [2.24, 2.45) is 0 Å². The molecule has 0 aliphatic carbocycles. The summed E-state index contributed by atoms with van der Waals surface area (Å²) in [5.74, 6) is -0.371. The average molecular weight is 304 g/mol. The number of carbonyl (C=O) groups excluding carboxylic acids is 1. The number of hydrogen-bond acceptors (Lipinski definition) is 4. The first-order chi connectivity index (χ1) is 9.88. The van der Waals surface area contributed by atoms with Crippen LogP contribution in [0.2, 0.25) is 0 Å². The zero-order valence-corrected chi connectivity index (χ0v) is 12.6. The summed E-state index contributed by atoms with van der Waals surface area (Å²) in [7, 11) is -3.76. The second-order valence-corrected chi connectivity index (χ2v) is 6.37. The normalized spacial score (nSPS) is 12.9. The molecule has 2 aromatic rings. The summed E-state index contributed by atoms with van der Waals surface area (Å²) in [5, 5.41) is 0. The highest BCUT2D eigenvalue weighted by atomic mass is 32.2. The molecule has 0 amide bonds. The molecule has 0 radical (unpaired) electrons. The van der Waals surface area contributed by atoms with Gasteiger partial charge in [-0.1, -0.05) is 54.6 Å². The zero-order valence-electron chi connectivity index (χ0n) is 11.8. The number of Topliss-reactive ketones (excluding diaryl/α,β-unsaturated/α-hetero) is 1. The summed E-state index contributed by atoms with van der Waals surface area (Å²) in [5.41, 5.74) is 1.74. The fraction of sp³-hybridized carbons (Fsp3) is 0.188. The number of benzene rings is 2. The van der Waals surface area contributed by atoms with Crippen LogP contribution in [0.4, 0.5) is 0 Å². The van der Waals surface area contributed by atoms with Crippen LogP contribution in [0.3, 0.4) is 0 Å². The van der Waals surface area contributed by atoms with Crippen molar-refractivity contribution in [2.45, 2.75) is 13.0 Å². The molecule has 2 aromatic carbocycles. The van der Waals surface area contributed by atoms with Crippen LogP contribution in [0.15, 0.2) is 54.6 Å². The van der Waals surface area contributed by atoms with E-state index in [9.17, 15) is 13.2 Å². The summed E-state index contributed by atoms with van der Waals surface area (Å²) >= 11 is 0. The molecule has 5 heteroatoms. The number of rotatable bonds is 5. The monoisotopic (exact) mass is 304 g/mol. The van der Waals surface area contributed by atoms with E-state index in [1.165, 1.54) is 0 Å². The molecule has 0 heterocycles. The van der Waals surface area contributed by atoms with Crippen LogP contribution in [0.1, 0.15) is 27.6 Å². The molecule has 4 nitrogen and oxygen atoms in total. The summed E-state index contributed by atoms with van der Waals surface area (Å²) in [6.45, 7) is 1.80. The third-order valence-corrected chi connectivity index (χ3v) is 3.56. The summed E-state index contributed by atoms with van der Waals surface area (Å²) in [6, 6.07) is 15.6. The van der Waals surface area contributed by atoms with Gasteiger partial charge in [0, 0.05) is 5.56 Å². The Balaban J connectivity index is 2.45. The third kappa shape index (κ3) is 4.00. The van der Waals surface area contributed by atoms with E-state index in [1.807, 2.05) is 6.07 Å². The molecule has 1 atom stereocenters. The first-order valence-corrected chi connectivity index (χ1v) is 8.23. The van der Waals surface area contributed by atoms with Gasteiger partial charge in [-0.3, -0.25) is 8.98 Å². The fourth-order valence-corrected chi connectivity index (χ4v) is 2.59. The van der Waals surface area contributed by atoms with Gasteiger partial charge in [0.05, 0.1) is 6.26 Å². The number of ketones is 1. The van der Waals surface area contributed by atoms with Crippen LogP contribution >= 0.6 is 0 Å². The van der Waals surface area contributed by atoms with Crippen LogP contribution in [0.25, 0.3) is 0 Å². The molecule has 2 rings (SSSR count). The van der Waals surface area contributed by atoms with Crippen LogP contribution in [-0.4, -0.2) is 20.5 Å². The van der Waals surface area contributed by atoms with Gasteiger partial charge in [0.25, 0.3) is 10.1 Å². The van der Waals surface area contributed by atoms with Gasteiger partial charge in [0.15, 0.2) is 11.9 Å². The van der Waals surface area contributed by atoms with E-state index in [0.29, 0.717) is 11.1 Å². The largest absolute Gasteiger partial charge is 0.291 e. The molecule has 0 fully saturated rings. The molecule has 1 unspecified atom stereocenters. The molecule has 0 aromatic heterocycles. The molecule has 0 spiro atoms. The molecule has 0 saturated heterocycles. The molecular weight excluding hydrogens is 288 g/mol. The van der Waals surface area contributed by atoms with E-state index in [0.717, 1.165) is 11.8 Å². The minimum absolute atomic E-state index is 0.371. The molecule has 0 aliphatic rings. The maximum absolute atomic E-state index is 12.7. The number of hydrogen-bond donors (Lipinski definition) is 0. The van der Waals surface area contributed by atoms with Crippen molar-refractivity contribution < 1.29 is 17.4 Å². The van der Waals surface area contributed by atoms with E-state index in [-0.39, 0.29) is 5.78 Å². The Labute approximate surface area is 124 Å². The smallest absolute Gasteiger partial charge is 0.265 e. The highest BCUT2D eigenvalue weighted by Crippen LogP contribution is 2.25. The Bertz CT molecular complexity index is 736. The van der Waals surface area contributed by atoms with Gasteiger partial charge in [-0.05, 0) is 18.1 Å². The van der Waals surface area contributed by atoms with Crippen LogP contribution in [0, 0.1) is 6.92 Å². The van der Waals surface area contributed by atoms with E-state index >= 15 is 0 Å². The van der Waals surface area contributed by atoms with Gasteiger partial charge in [0.2, 0.25) is 0 Å². The van der Waals surface area contributed by atoms with Crippen molar-refractivity contribution in [1.29, 1.82) is 0 Å².